The number of ether oxygens (including phenoxy) is 1. The lowest BCUT2D eigenvalue weighted by Crippen LogP contribution is -2.30. The van der Waals surface area contributed by atoms with Crippen molar-refractivity contribution in [2.24, 2.45) is 0 Å². The Kier molecular flexibility index (Phi) is 8.21. The summed E-state index contributed by atoms with van der Waals surface area (Å²) < 4.78 is 66.1. The summed E-state index contributed by atoms with van der Waals surface area (Å²) in [6.45, 7) is 2.32. The number of halogens is 3. The summed E-state index contributed by atoms with van der Waals surface area (Å²) in [5, 5.41) is 9.42. The standard InChI is InChI=1S/C23H21F3N4O4S2/c1-15-20(21(31)29-36(2,32)33)28-22(35-15)30(12-11-16-3-5-17(13-27)6-4-16)14-18-7-9-19(10-8-18)34-23(24,25)26/h3-10H,11-12,14H2,1-2H3,(H,29,31). The summed E-state index contributed by atoms with van der Waals surface area (Å²) in [5.74, 6) is -1.20. The summed E-state index contributed by atoms with van der Waals surface area (Å²) in [6.07, 6.45) is -3.38. The maximum atomic E-state index is 12.5. The Morgan fingerprint density at radius 2 is 1.75 bits per heavy atom. The molecule has 0 spiro atoms. The minimum absolute atomic E-state index is 0.0299. The highest BCUT2D eigenvalue weighted by Crippen LogP contribution is 2.29. The second-order valence-electron chi connectivity index (χ2n) is 7.78. The van der Waals surface area contributed by atoms with Gasteiger partial charge in [0.1, 0.15) is 11.4 Å². The Bertz CT molecular complexity index is 1360. The van der Waals surface area contributed by atoms with E-state index in [0.717, 1.165) is 11.8 Å². The Hall–Kier alpha value is -3.63. The number of hydrogen-bond donors (Lipinski definition) is 1. The smallest absolute Gasteiger partial charge is 0.406 e. The zero-order chi connectivity index (χ0) is 26.5. The minimum atomic E-state index is -4.80. The van der Waals surface area contributed by atoms with Crippen LogP contribution in [0.4, 0.5) is 18.3 Å². The Morgan fingerprint density at radius 1 is 1.14 bits per heavy atom. The van der Waals surface area contributed by atoms with E-state index < -0.39 is 22.3 Å². The maximum Gasteiger partial charge on any atom is 0.573 e. The molecule has 0 aliphatic rings. The number of sulfonamides is 1. The van der Waals surface area contributed by atoms with Gasteiger partial charge in [0, 0.05) is 18.0 Å². The number of carbonyl (C=O) groups excluding carboxylic acids is 1. The van der Waals surface area contributed by atoms with E-state index in [0.29, 0.717) is 34.1 Å². The zero-order valence-electron chi connectivity index (χ0n) is 19.2. The van der Waals surface area contributed by atoms with Crippen molar-refractivity contribution < 1.29 is 31.1 Å². The number of benzene rings is 2. The highest BCUT2D eigenvalue weighted by Gasteiger charge is 2.31. The van der Waals surface area contributed by atoms with Gasteiger partial charge in [-0.05, 0) is 48.7 Å². The molecule has 1 N–H and O–H groups in total. The van der Waals surface area contributed by atoms with Gasteiger partial charge in [0.25, 0.3) is 5.91 Å². The number of aryl methyl sites for hydroxylation is 1. The van der Waals surface area contributed by atoms with Crippen molar-refractivity contribution in [3.05, 3.63) is 75.8 Å². The number of anilines is 1. The molecule has 8 nitrogen and oxygen atoms in total. The molecule has 1 amide bonds. The molecule has 190 valence electrons. The summed E-state index contributed by atoms with van der Waals surface area (Å²) >= 11 is 1.19. The SMILES string of the molecule is Cc1sc(N(CCc2ccc(C#N)cc2)Cc2ccc(OC(F)(F)F)cc2)nc1C(=O)NS(C)(=O)=O. The second kappa shape index (κ2) is 11.0. The van der Waals surface area contributed by atoms with Gasteiger partial charge in [0.05, 0.1) is 17.9 Å². The van der Waals surface area contributed by atoms with E-state index in [1.54, 1.807) is 19.1 Å². The van der Waals surface area contributed by atoms with Crippen molar-refractivity contribution in [1.82, 2.24) is 9.71 Å². The van der Waals surface area contributed by atoms with Crippen LogP contribution in [-0.2, 0) is 23.0 Å². The molecule has 0 fully saturated rings. The number of nitrogens with zero attached hydrogens (tertiary/aromatic N) is 3. The molecular weight excluding hydrogens is 517 g/mol. The predicted octanol–water partition coefficient (Wildman–Crippen LogP) is 4.16. The van der Waals surface area contributed by atoms with Crippen molar-refractivity contribution in [1.29, 1.82) is 5.26 Å². The molecule has 0 radical (unpaired) electrons. The van der Waals surface area contributed by atoms with Crippen molar-refractivity contribution >= 4 is 32.4 Å². The van der Waals surface area contributed by atoms with Crippen LogP contribution in [0.5, 0.6) is 5.75 Å². The Labute approximate surface area is 210 Å². The van der Waals surface area contributed by atoms with Crippen molar-refractivity contribution in [2.75, 3.05) is 17.7 Å². The number of nitriles is 1. The third-order valence-electron chi connectivity index (χ3n) is 4.83. The molecule has 1 heterocycles. The normalized spacial score (nSPS) is 11.6. The first-order valence-corrected chi connectivity index (χ1v) is 13.1. The van der Waals surface area contributed by atoms with E-state index in [9.17, 15) is 26.4 Å². The van der Waals surface area contributed by atoms with Gasteiger partial charge < -0.3 is 9.64 Å². The molecular formula is C23H21F3N4O4S2. The van der Waals surface area contributed by atoms with Crippen molar-refractivity contribution in [3.8, 4) is 11.8 Å². The first-order valence-electron chi connectivity index (χ1n) is 10.4. The van der Waals surface area contributed by atoms with Crippen molar-refractivity contribution in [3.63, 3.8) is 0 Å². The monoisotopic (exact) mass is 538 g/mol. The molecule has 0 saturated carbocycles. The number of alkyl halides is 3. The van der Waals surface area contributed by atoms with E-state index in [-0.39, 0.29) is 18.0 Å². The fourth-order valence-electron chi connectivity index (χ4n) is 3.21. The maximum absolute atomic E-state index is 12.5. The lowest BCUT2D eigenvalue weighted by molar-refractivity contribution is -0.274. The number of nitrogens with one attached hydrogen (secondary N) is 1. The van der Waals surface area contributed by atoms with Gasteiger partial charge in [-0.2, -0.15) is 5.26 Å². The zero-order valence-corrected chi connectivity index (χ0v) is 20.8. The number of carbonyl (C=O) groups is 1. The van der Waals surface area contributed by atoms with Crippen LogP contribution in [0.25, 0.3) is 0 Å². The third-order valence-corrected chi connectivity index (χ3v) is 6.42. The highest BCUT2D eigenvalue weighted by molar-refractivity contribution is 7.89. The Morgan fingerprint density at radius 3 is 2.31 bits per heavy atom. The lowest BCUT2D eigenvalue weighted by atomic mass is 10.1. The van der Waals surface area contributed by atoms with E-state index in [1.807, 2.05) is 21.8 Å². The molecule has 2 aromatic carbocycles. The van der Waals surface area contributed by atoms with Crippen LogP contribution < -0.4 is 14.4 Å². The fraction of sp³-hybridized carbons (Fsp3) is 0.261. The van der Waals surface area contributed by atoms with Crippen LogP contribution in [0.3, 0.4) is 0 Å². The third kappa shape index (κ3) is 7.96. The summed E-state index contributed by atoms with van der Waals surface area (Å²) in [4.78, 5) is 19.1. The van der Waals surface area contributed by atoms with Crippen molar-refractivity contribution in [2.45, 2.75) is 26.3 Å². The molecule has 0 aliphatic carbocycles. The quantitative estimate of drug-likeness (QED) is 0.435. The minimum Gasteiger partial charge on any atom is -0.406 e. The van der Waals surface area contributed by atoms with E-state index in [2.05, 4.69) is 15.8 Å². The molecule has 0 unspecified atom stereocenters. The number of aromatic nitrogens is 1. The molecule has 0 saturated heterocycles. The molecule has 0 bridgehead atoms. The second-order valence-corrected chi connectivity index (χ2v) is 10.7. The van der Waals surface area contributed by atoms with Crippen LogP contribution in [0.1, 0.15) is 32.1 Å². The average Bonchev–Trinajstić information content (AvgIpc) is 3.17. The van der Waals surface area contributed by atoms with E-state index in [1.165, 1.54) is 35.6 Å². The van der Waals surface area contributed by atoms with E-state index >= 15 is 0 Å². The van der Waals surface area contributed by atoms with Gasteiger partial charge in [-0.15, -0.1) is 24.5 Å². The highest BCUT2D eigenvalue weighted by atomic mass is 32.2. The predicted molar refractivity (Wildman–Crippen MR) is 128 cm³/mol. The molecule has 3 aromatic rings. The lowest BCUT2D eigenvalue weighted by Gasteiger charge is -2.22. The molecule has 1 aromatic heterocycles. The number of thiazole rings is 1. The number of rotatable bonds is 9. The van der Waals surface area contributed by atoms with Crippen LogP contribution in [0, 0.1) is 18.3 Å². The first-order chi connectivity index (χ1) is 16.8. The van der Waals surface area contributed by atoms with Gasteiger partial charge in [-0.25, -0.2) is 18.1 Å². The van der Waals surface area contributed by atoms with Gasteiger partial charge >= 0.3 is 6.36 Å². The Balaban J connectivity index is 1.85. The van der Waals surface area contributed by atoms with Gasteiger partial charge in [-0.1, -0.05) is 24.3 Å². The first kappa shape index (κ1) is 27.0. The summed E-state index contributed by atoms with van der Waals surface area (Å²) in [6, 6.07) is 14.5. The summed E-state index contributed by atoms with van der Waals surface area (Å²) in [5.41, 5.74) is 2.10. The van der Waals surface area contributed by atoms with Crippen LogP contribution in [-0.4, -0.2) is 38.5 Å². The van der Waals surface area contributed by atoms with Gasteiger partial charge in [-0.3, -0.25) is 4.79 Å². The van der Waals surface area contributed by atoms with Crippen LogP contribution in [0.2, 0.25) is 0 Å². The van der Waals surface area contributed by atoms with Crippen LogP contribution >= 0.6 is 11.3 Å². The van der Waals surface area contributed by atoms with E-state index in [4.69, 9.17) is 5.26 Å². The molecule has 13 heteroatoms. The molecule has 0 atom stereocenters. The van der Waals surface area contributed by atoms with Gasteiger partial charge in [0.2, 0.25) is 10.0 Å². The number of hydrogen-bond acceptors (Lipinski definition) is 8. The largest absolute Gasteiger partial charge is 0.573 e. The summed E-state index contributed by atoms with van der Waals surface area (Å²) in [7, 11) is -3.78. The average molecular weight is 539 g/mol. The van der Waals surface area contributed by atoms with Crippen LogP contribution in [0.15, 0.2) is 48.5 Å². The molecule has 3 rings (SSSR count). The topological polar surface area (TPSA) is 112 Å². The number of amides is 1. The molecule has 0 aliphatic heterocycles. The molecule has 36 heavy (non-hydrogen) atoms. The van der Waals surface area contributed by atoms with Gasteiger partial charge in [0.15, 0.2) is 5.13 Å². The fourth-order valence-corrected chi connectivity index (χ4v) is 4.58.